The number of carbonyl (C=O) groups excluding carboxylic acids is 2. The van der Waals surface area contributed by atoms with Gasteiger partial charge in [0.15, 0.2) is 5.12 Å². The Morgan fingerprint density at radius 1 is 0.515 bits per heavy atom. The van der Waals surface area contributed by atoms with Crippen LogP contribution in [0.2, 0.25) is 0 Å². The van der Waals surface area contributed by atoms with Gasteiger partial charge in [0.05, 0.1) is 13.2 Å². The zero-order valence-corrected chi connectivity index (χ0v) is 42.5. The quantitative estimate of drug-likeness (QED) is 0.0138. The Balaban J connectivity index is 2.87. The van der Waals surface area contributed by atoms with Crippen molar-refractivity contribution in [2.45, 2.75) is 198 Å². The highest BCUT2D eigenvalue weighted by atomic mass is 32.2. The fourth-order valence-electron chi connectivity index (χ4n) is 6.90. The summed E-state index contributed by atoms with van der Waals surface area (Å²) in [5, 5.41) is 22.0. The van der Waals surface area contributed by atoms with E-state index >= 15 is 0 Å². The number of esters is 1. The third kappa shape index (κ3) is 32.6. The molecular weight excluding hydrogens is 980 g/mol. The van der Waals surface area contributed by atoms with E-state index in [2.05, 4.69) is 20.5 Å². The molecule has 0 bridgehead atoms. The third-order valence-electron chi connectivity index (χ3n) is 10.1. The van der Waals surface area contributed by atoms with Crippen molar-refractivity contribution in [3.05, 3.63) is 0 Å². The van der Waals surface area contributed by atoms with Gasteiger partial charge in [0.25, 0.3) is 0 Å². The van der Waals surface area contributed by atoms with Crippen LogP contribution in [0.4, 0.5) is 0 Å². The number of phosphoric ester groups is 4. The molecule has 0 amide bonds. The predicted molar refractivity (Wildman–Crippen MR) is 240 cm³/mol. The van der Waals surface area contributed by atoms with E-state index in [-0.39, 0.29) is 18.3 Å². The Morgan fingerprint density at radius 3 is 1.45 bits per heavy atom. The van der Waals surface area contributed by atoms with Crippen LogP contribution in [-0.2, 0) is 64.7 Å². The molecule has 1 aliphatic rings. The summed E-state index contributed by atoms with van der Waals surface area (Å²) in [6.07, 6.45) is 3.44. The van der Waals surface area contributed by atoms with Crippen LogP contribution < -0.4 is 0 Å². The molecule has 0 saturated heterocycles. The number of ether oxygens (including phenoxy) is 3. The van der Waals surface area contributed by atoms with Gasteiger partial charge in [0.2, 0.25) is 0 Å². The molecule has 0 aromatic heterocycles. The standard InChI is InChI=1S/C38H76O23P4S/c1-3-5-6-7-8-9-10-11-12-13-14-17-20-24-31(39)57-30(27-55-29-54-25-21-18-15-16-19-22-26-66-32(40)23-4-2)28-56-65(52,53)61-35-33(41)36(58-62(43,44)45)38(60-64(49,50)51)37(34(35)42)59-63(46,47)48/h30,33-38,41-42H,3-29H2,1-2H3,(H,52,53)(H2,43,44,45)(H2,46,47,48)(H2,49,50,51)/t30-,33-,34?,35?,36-,37+,38?/m1/s1. The fourth-order valence-corrected chi connectivity index (χ4v) is 10.5. The topological polar surface area (TPSA) is 358 Å². The summed E-state index contributed by atoms with van der Waals surface area (Å²) >= 11 is 1.38. The summed E-state index contributed by atoms with van der Waals surface area (Å²) in [5.41, 5.74) is 0. The molecule has 4 unspecified atom stereocenters. The number of phosphoric acid groups is 4. The number of hydrogen-bond acceptors (Lipinski definition) is 17. The molecule has 1 rings (SSSR count). The van der Waals surface area contributed by atoms with Crippen molar-refractivity contribution < 1.29 is 109 Å². The Hall–Kier alpha value is -0.230. The second-order valence-corrected chi connectivity index (χ2v) is 22.2. The van der Waals surface area contributed by atoms with Crippen LogP contribution in [0.1, 0.15) is 155 Å². The smallest absolute Gasteiger partial charge is 0.457 e. The summed E-state index contributed by atoms with van der Waals surface area (Å²) in [6.45, 7) is 2.90. The maximum Gasteiger partial charge on any atom is 0.472 e. The number of aliphatic hydroxyl groups excluding tert-OH is 2. The Bertz CT molecular complexity index is 1470. The van der Waals surface area contributed by atoms with Gasteiger partial charge in [-0.1, -0.05) is 128 Å². The lowest BCUT2D eigenvalue weighted by Gasteiger charge is -2.45. The molecule has 66 heavy (non-hydrogen) atoms. The number of carbonyl (C=O) groups is 2. The Kier molecular flexibility index (Phi) is 33.8. The highest BCUT2D eigenvalue weighted by Crippen LogP contribution is 2.53. The minimum atomic E-state index is -5.77. The molecule has 0 spiro atoms. The third-order valence-corrected chi connectivity index (χ3v) is 13.7. The SMILES string of the molecule is CCCCCCCCCCCCCCCC(=O)O[C@H](COCOCCCCCCCCSC(=O)CCC)COP(=O)(O)OC1C(O)[C@H](OP(=O)(O)O)C(OP(=O)(O)O)[C@H](OP(=O)(O)O)[C@@H]1O. The lowest BCUT2D eigenvalue weighted by atomic mass is 9.85. The van der Waals surface area contributed by atoms with Crippen molar-refractivity contribution in [3.8, 4) is 0 Å². The normalized spacial score (nSPS) is 22.0. The molecule has 0 radical (unpaired) electrons. The van der Waals surface area contributed by atoms with Crippen molar-refractivity contribution in [1.82, 2.24) is 0 Å². The second-order valence-electron chi connectivity index (χ2n) is 16.1. The van der Waals surface area contributed by atoms with Crippen LogP contribution in [0.5, 0.6) is 0 Å². The maximum absolute atomic E-state index is 13.2. The zero-order chi connectivity index (χ0) is 49.7. The molecule has 1 aliphatic carbocycles. The van der Waals surface area contributed by atoms with Crippen LogP contribution in [0.25, 0.3) is 0 Å². The van der Waals surface area contributed by atoms with E-state index in [1.807, 2.05) is 6.92 Å². The molecule has 1 fully saturated rings. The lowest BCUT2D eigenvalue weighted by Crippen LogP contribution is -2.65. The summed E-state index contributed by atoms with van der Waals surface area (Å²) < 4.78 is 87.7. The molecule has 8 atom stereocenters. The van der Waals surface area contributed by atoms with E-state index in [0.29, 0.717) is 19.4 Å². The van der Waals surface area contributed by atoms with E-state index in [4.69, 9.17) is 23.3 Å². The van der Waals surface area contributed by atoms with E-state index in [1.54, 1.807) is 0 Å². The van der Waals surface area contributed by atoms with Crippen molar-refractivity contribution in [2.75, 3.05) is 32.4 Å². The van der Waals surface area contributed by atoms with Crippen LogP contribution in [0, 0.1) is 0 Å². The fraction of sp³-hybridized carbons (Fsp3) is 0.947. The van der Waals surface area contributed by atoms with Crippen molar-refractivity contribution in [2.24, 2.45) is 0 Å². The summed E-state index contributed by atoms with van der Waals surface area (Å²) in [7, 11) is -22.9. The van der Waals surface area contributed by atoms with Crippen molar-refractivity contribution >= 4 is 54.1 Å². The molecule has 1 saturated carbocycles. The highest BCUT2D eigenvalue weighted by Gasteiger charge is 2.59. The van der Waals surface area contributed by atoms with Gasteiger partial charge in [0, 0.05) is 25.2 Å². The predicted octanol–water partition coefficient (Wildman–Crippen LogP) is 6.44. The van der Waals surface area contributed by atoms with Crippen LogP contribution >= 0.6 is 43.1 Å². The average Bonchev–Trinajstić information content (AvgIpc) is 3.21. The van der Waals surface area contributed by atoms with Gasteiger partial charge >= 0.3 is 37.3 Å². The summed E-state index contributed by atoms with van der Waals surface area (Å²) in [6, 6.07) is 0. The van der Waals surface area contributed by atoms with E-state index in [9.17, 15) is 72.3 Å². The van der Waals surface area contributed by atoms with Gasteiger partial charge in [-0.15, -0.1) is 0 Å². The molecule has 0 aromatic carbocycles. The van der Waals surface area contributed by atoms with Gasteiger partial charge in [-0.3, -0.25) is 32.2 Å². The molecule has 23 nitrogen and oxygen atoms in total. The molecule has 392 valence electrons. The minimum Gasteiger partial charge on any atom is -0.457 e. The largest absolute Gasteiger partial charge is 0.472 e. The molecular formula is C38H76O23P4S. The maximum atomic E-state index is 13.2. The first kappa shape index (κ1) is 63.8. The Labute approximate surface area is 392 Å². The second kappa shape index (κ2) is 35.0. The van der Waals surface area contributed by atoms with Gasteiger partial charge in [-0.2, -0.15) is 0 Å². The number of aliphatic hydroxyl groups is 2. The lowest BCUT2D eigenvalue weighted by molar-refractivity contribution is -0.209. The summed E-state index contributed by atoms with van der Waals surface area (Å²) in [4.78, 5) is 91.5. The van der Waals surface area contributed by atoms with Crippen LogP contribution in [0.3, 0.4) is 0 Å². The average molecular weight is 1060 g/mol. The van der Waals surface area contributed by atoms with E-state index in [1.165, 1.54) is 56.7 Å². The molecule has 0 heterocycles. The Morgan fingerprint density at radius 2 is 0.970 bits per heavy atom. The van der Waals surface area contributed by atoms with Gasteiger partial charge in [0.1, 0.15) is 49.5 Å². The first-order valence-electron chi connectivity index (χ1n) is 22.7. The van der Waals surface area contributed by atoms with Crippen molar-refractivity contribution in [1.29, 1.82) is 0 Å². The molecule has 28 heteroatoms. The number of unbranched alkanes of at least 4 members (excludes halogenated alkanes) is 17. The zero-order valence-electron chi connectivity index (χ0n) is 38.1. The van der Waals surface area contributed by atoms with Crippen LogP contribution in [0.15, 0.2) is 0 Å². The minimum absolute atomic E-state index is 0.00586. The van der Waals surface area contributed by atoms with Gasteiger partial charge < -0.3 is 58.7 Å². The van der Waals surface area contributed by atoms with Gasteiger partial charge in [-0.25, -0.2) is 18.3 Å². The number of hydrogen-bond donors (Lipinski definition) is 9. The van der Waals surface area contributed by atoms with Gasteiger partial charge in [-0.05, 0) is 25.7 Å². The van der Waals surface area contributed by atoms with E-state index < -0.39 is 93.2 Å². The molecule has 0 aliphatic heterocycles. The monoisotopic (exact) mass is 1060 g/mol. The summed E-state index contributed by atoms with van der Waals surface area (Å²) in [5.74, 6) is 0.116. The van der Waals surface area contributed by atoms with Crippen molar-refractivity contribution in [3.63, 3.8) is 0 Å². The first-order chi connectivity index (χ1) is 31.0. The molecule has 0 aromatic rings. The number of rotatable bonds is 41. The highest BCUT2D eigenvalue weighted by molar-refractivity contribution is 8.13. The van der Waals surface area contributed by atoms with E-state index in [0.717, 1.165) is 82.8 Å². The molecule has 9 N–H and O–H groups in total. The van der Waals surface area contributed by atoms with Crippen LogP contribution in [-0.4, -0.2) is 131 Å². The first-order valence-corrected chi connectivity index (χ1v) is 29.8. The number of thioether (sulfide) groups is 1.